The van der Waals surface area contributed by atoms with Gasteiger partial charge in [0.05, 0.1) is 11.0 Å². The second kappa shape index (κ2) is 6.00. The van der Waals surface area contributed by atoms with Gasteiger partial charge in [-0.1, -0.05) is 18.2 Å². The van der Waals surface area contributed by atoms with Crippen LogP contribution in [0.25, 0.3) is 0 Å². The van der Waals surface area contributed by atoms with Gasteiger partial charge in [-0.3, -0.25) is 0 Å². The number of sulfonamides is 1. The molecule has 0 spiro atoms. The fraction of sp³-hybridized carbons (Fsp3) is 0.538. The highest BCUT2D eigenvalue weighted by atomic mass is 32.2. The Morgan fingerprint density at radius 3 is 2.74 bits per heavy atom. The maximum atomic E-state index is 12.4. The van der Waals surface area contributed by atoms with Crippen LogP contribution in [0.2, 0.25) is 0 Å². The zero-order valence-electron chi connectivity index (χ0n) is 11.0. The van der Waals surface area contributed by atoms with Gasteiger partial charge in [0.25, 0.3) is 0 Å². The Balaban J connectivity index is 2.15. The molecule has 6 heteroatoms. The number of hydrogen-bond donors (Lipinski definition) is 2. The number of nitrogens with one attached hydrogen (secondary N) is 1. The molecule has 1 fully saturated rings. The van der Waals surface area contributed by atoms with Gasteiger partial charge < -0.3 is 10.5 Å². The van der Waals surface area contributed by atoms with Crippen molar-refractivity contribution in [2.75, 3.05) is 7.11 Å². The molecule has 0 aliphatic heterocycles. The molecular weight excluding hydrogens is 264 g/mol. The minimum Gasteiger partial charge on any atom is -0.381 e. The lowest BCUT2D eigenvalue weighted by molar-refractivity contribution is 0.107. The zero-order chi connectivity index (χ0) is 13.9. The van der Waals surface area contributed by atoms with Gasteiger partial charge in [0.2, 0.25) is 10.0 Å². The predicted octanol–water partition coefficient (Wildman–Crippen LogP) is 0.991. The molecule has 1 saturated carbocycles. The Labute approximate surface area is 114 Å². The largest absolute Gasteiger partial charge is 0.381 e. The molecule has 2 unspecified atom stereocenters. The van der Waals surface area contributed by atoms with E-state index in [2.05, 4.69) is 4.72 Å². The maximum Gasteiger partial charge on any atom is 0.241 e. The second-order valence-corrected chi connectivity index (χ2v) is 6.48. The van der Waals surface area contributed by atoms with Crippen molar-refractivity contribution in [3.05, 3.63) is 29.8 Å². The third kappa shape index (κ3) is 3.33. The SMILES string of the molecule is COC1CCC(NS(=O)(=O)c2ccccc2CN)C1. The molecule has 5 nitrogen and oxygen atoms in total. The summed E-state index contributed by atoms with van der Waals surface area (Å²) in [6.07, 6.45) is 2.57. The van der Waals surface area contributed by atoms with Crippen molar-refractivity contribution in [3.63, 3.8) is 0 Å². The smallest absolute Gasteiger partial charge is 0.241 e. The van der Waals surface area contributed by atoms with Crippen LogP contribution in [-0.4, -0.2) is 27.7 Å². The van der Waals surface area contributed by atoms with Crippen LogP contribution in [-0.2, 0) is 21.3 Å². The van der Waals surface area contributed by atoms with Gasteiger partial charge in [0.1, 0.15) is 0 Å². The van der Waals surface area contributed by atoms with E-state index in [-0.39, 0.29) is 23.6 Å². The van der Waals surface area contributed by atoms with Crippen molar-refractivity contribution < 1.29 is 13.2 Å². The first-order valence-corrected chi connectivity index (χ1v) is 7.88. The highest BCUT2D eigenvalue weighted by Gasteiger charge is 2.29. The molecule has 0 bridgehead atoms. The average molecular weight is 284 g/mol. The van der Waals surface area contributed by atoms with Crippen LogP contribution in [0.15, 0.2) is 29.2 Å². The van der Waals surface area contributed by atoms with Crippen molar-refractivity contribution in [1.29, 1.82) is 0 Å². The van der Waals surface area contributed by atoms with Crippen LogP contribution >= 0.6 is 0 Å². The number of benzene rings is 1. The van der Waals surface area contributed by atoms with Crippen LogP contribution in [0.4, 0.5) is 0 Å². The molecule has 0 aromatic heterocycles. The summed E-state index contributed by atoms with van der Waals surface area (Å²) < 4.78 is 32.7. The van der Waals surface area contributed by atoms with Gasteiger partial charge in [-0.15, -0.1) is 0 Å². The minimum atomic E-state index is -3.50. The molecule has 106 valence electrons. The Kier molecular flexibility index (Phi) is 4.57. The van der Waals surface area contributed by atoms with E-state index < -0.39 is 10.0 Å². The summed E-state index contributed by atoms with van der Waals surface area (Å²) >= 11 is 0. The predicted molar refractivity (Wildman–Crippen MR) is 73.1 cm³/mol. The summed E-state index contributed by atoms with van der Waals surface area (Å²) in [7, 11) is -1.85. The molecule has 1 aromatic rings. The summed E-state index contributed by atoms with van der Waals surface area (Å²) in [6, 6.07) is 6.77. The molecular formula is C13H20N2O3S. The molecule has 1 aliphatic rings. The van der Waals surface area contributed by atoms with E-state index >= 15 is 0 Å². The van der Waals surface area contributed by atoms with E-state index in [1.807, 2.05) is 0 Å². The number of hydrogen-bond acceptors (Lipinski definition) is 4. The number of nitrogens with two attached hydrogens (primary N) is 1. The number of methoxy groups -OCH3 is 1. The normalized spacial score (nSPS) is 23.7. The van der Waals surface area contributed by atoms with E-state index in [9.17, 15) is 8.42 Å². The van der Waals surface area contributed by atoms with Crippen LogP contribution in [0.3, 0.4) is 0 Å². The van der Waals surface area contributed by atoms with E-state index in [0.717, 1.165) is 19.3 Å². The lowest BCUT2D eigenvalue weighted by Gasteiger charge is -2.15. The van der Waals surface area contributed by atoms with Crippen molar-refractivity contribution >= 4 is 10.0 Å². The zero-order valence-corrected chi connectivity index (χ0v) is 11.8. The van der Waals surface area contributed by atoms with E-state index in [1.54, 1.807) is 31.4 Å². The lowest BCUT2D eigenvalue weighted by Crippen LogP contribution is -2.34. The first-order valence-electron chi connectivity index (χ1n) is 6.40. The molecule has 19 heavy (non-hydrogen) atoms. The fourth-order valence-electron chi connectivity index (χ4n) is 2.48. The van der Waals surface area contributed by atoms with Crippen molar-refractivity contribution in [2.45, 2.75) is 42.8 Å². The number of ether oxygens (including phenoxy) is 1. The highest BCUT2D eigenvalue weighted by molar-refractivity contribution is 7.89. The van der Waals surface area contributed by atoms with Crippen LogP contribution in [0.1, 0.15) is 24.8 Å². The van der Waals surface area contributed by atoms with Gasteiger partial charge in [0.15, 0.2) is 0 Å². The maximum absolute atomic E-state index is 12.4. The first kappa shape index (κ1) is 14.5. The third-order valence-corrected chi connectivity index (χ3v) is 5.14. The summed E-state index contributed by atoms with van der Waals surface area (Å²) in [5, 5.41) is 0. The first-order chi connectivity index (χ1) is 9.06. The summed E-state index contributed by atoms with van der Waals surface area (Å²) in [6.45, 7) is 0.211. The topological polar surface area (TPSA) is 81.4 Å². The Morgan fingerprint density at radius 1 is 1.37 bits per heavy atom. The van der Waals surface area contributed by atoms with Gasteiger partial charge in [0, 0.05) is 19.7 Å². The molecule has 0 heterocycles. The molecule has 0 radical (unpaired) electrons. The molecule has 3 N–H and O–H groups in total. The van der Waals surface area contributed by atoms with E-state index in [4.69, 9.17) is 10.5 Å². The summed E-state index contributed by atoms with van der Waals surface area (Å²) in [4.78, 5) is 0.276. The van der Waals surface area contributed by atoms with Crippen molar-refractivity contribution in [3.8, 4) is 0 Å². The van der Waals surface area contributed by atoms with Crippen molar-refractivity contribution in [2.24, 2.45) is 5.73 Å². The summed E-state index contributed by atoms with van der Waals surface area (Å²) in [5.74, 6) is 0. The Bertz CT molecular complexity index is 530. The molecule has 0 saturated heterocycles. The average Bonchev–Trinajstić information content (AvgIpc) is 2.85. The van der Waals surface area contributed by atoms with Gasteiger partial charge in [-0.05, 0) is 30.9 Å². The number of rotatable bonds is 5. The minimum absolute atomic E-state index is 0.0548. The van der Waals surface area contributed by atoms with Gasteiger partial charge in [-0.25, -0.2) is 13.1 Å². The van der Waals surface area contributed by atoms with Gasteiger partial charge >= 0.3 is 0 Å². The van der Waals surface area contributed by atoms with Crippen LogP contribution < -0.4 is 10.5 Å². The molecule has 2 atom stereocenters. The molecule has 2 rings (SSSR count). The Hall–Kier alpha value is -0.950. The summed E-state index contributed by atoms with van der Waals surface area (Å²) in [5.41, 5.74) is 6.22. The monoisotopic (exact) mass is 284 g/mol. The Morgan fingerprint density at radius 2 is 2.11 bits per heavy atom. The molecule has 1 aliphatic carbocycles. The third-order valence-electron chi connectivity index (χ3n) is 3.52. The highest BCUT2D eigenvalue weighted by Crippen LogP contribution is 2.24. The fourth-order valence-corrected chi connectivity index (χ4v) is 4.01. The van der Waals surface area contributed by atoms with Crippen LogP contribution in [0, 0.1) is 0 Å². The standard InChI is InChI=1S/C13H20N2O3S/c1-18-12-7-6-11(8-12)15-19(16,17)13-5-3-2-4-10(13)9-14/h2-5,11-12,15H,6-9,14H2,1H3. The van der Waals surface area contributed by atoms with Crippen LogP contribution in [0.5, 0.6) is 0 Å². The van der Waals surface area contributed by atoms with E-state index in [1.165, 1.54) is 0 Å². The molecule has 1 aromatic carbocycles. The quantitative estimate of drug-likeness (QED) is 0.845. The van der Waals surface area contributed by atoms with Crippen molar-refractivity contribution in [1.82, 2.24) is 4.72 Å². The lowest BCUT2D eigenvalue weighted by atomic mass is 10.2. The second-order valence-electron chi connectivity index (χ2n) is 4.80. The van der Waals surface area contributed by atoms with Gasteiger partial charge in [-0.2, -0.15) is 0 Å². The molecule has 0 amide bonds. The van der Waals surface area contributed by atoms with E-state index in [0.29, 0.717) is 5.56 Å².